The van der Waals surface area contributed by atoms with Crippen molar-refractivity contribution >= 4 is 15.7 Å². The maximum atomic E-state index is 12.4. The molecular formula is C15H14F2N2O3S. The number of sulfone groups is 1. The summed E-state index contributed by atoms with van der Waals surface area (Å²) in [6.45, 7) is 2.03. The van der Waals surface area contributed by atoms with Gasteiger partial charge in [0.1, 0.15) is 0 Å². The Morgan fingerprint density at radius 3 is 2.39 bits per heavy atom. The van der Waals surface area contributed by atoms with E-state index in [-0.39, 0.29) is 12.1 Å². The van der Waals surface area contributed by atoms with Gasteiger partial charge in [0.15, 0.2) is 0 Å². The van der Waals surface area contributed by atoms with Crippen LogP contribution in [0.15, 0.2) is 47.4 Å². The quantitative estimate of drug-likeness (QED) is 0.906. The van der Waals surface area contributed by atoms with E-state index in [0.29, 0.717) is 5.69 Å². The molecule has 0 atom stereocenters. The van der Waals surface area contributed by atoms with Crippen molar-refractivity contribution in [2.24, 2.45) is 0 Å². The molecule has 0 aliphatic rings. The maximum absolute atomic E-state index is 12.4. The molecule has 1 amide bonds. The number of nitrogens with zero attached hydrogens (tertiary/aromatic N) is 1. The minimum atomic E-state index is -4.65. The summed E-state index contributed by atoms with van der Waals surface area (Å²) < 4.78 is 47.4. The summed E-state index contributed by atoms with van der Waals surface area (Å²) in [4.78, 5) is 15.7. The lowest BCUT2D eigenvalue weighted by Crippen LogP contribution is -2.23. The molecule has 1 N–H and O–H groups in total. The Bertz CT molecular complexity index is 806. The molecule has 0 aliphatic carbocycles. The average Bonchev–Trinajstić information content (AvgIpc) is 2.52. The Hall–Kier alpha value is -2.35. The topological polar surface area (TPSA) is 76.1 Å². The van der Waals surface area contributed by atoms with Crippen LogP contribution < -0.4 is 5.32 Å². The fourth-order valence-corrected chi connectivity index (χ4v) is 2.59. The van der Waals surface area contributed by atoms with Crippen LogP contribution in [0.25, 0.3) is 0 Å². The molecule has 0 spiro atoms. The van der Waals surface area contributed by atoms with E-state index in [1.807, 2.05) is 19.1 Å². The second-order valence-corrected chi connectivity index (χ2v) is 6.70. The van der Waals surface area contributed by atoms with Crippen LogP contribution in [-0.4, -0.2) is 25.1 Å². The van der Waals surface area contributed by atoms with E-state index in [1.165, 1.54) is 12.1 Å². The lowest BCUT2D eigenvalue weighted by atomic mass is 10.2. The Labute approximate surface area is 132 Å². The normalized spacial score (nSPS) is 11.5. The molecule has 1 heterocycles. The van der Waals surface area contributed by atoms with Gasteiger partial charge in [-0.15, -0.1) is 0 Å². The number of aromatic nitrogens is 1. The minimum Gasteiger partial charge on any atom is -0.346 e. The first-order valence-corrected chi connectivity index (χ1v) is 8.18. The fourth-order valence-electron chi connectivity index (χ4n) is 1.87. The lowest BCUT2D eigenvalue weighted by molar-refractivity contribution is 0.0950. The third-order valence-corrected chi connectivity index (χ3v) is 4.45. The third kappa shape index (κ3) is 4.10. The van der Waals surface area contributed by atoms with Crippen LogP contribution in [0.3, 0.4) is 0 Å². The second kappa shape index (κ2) is 6.82. The molecule has 0 unspecified atom stereocenters. The van der Waals surface area contributed by atoms with Crippen molar-refractivity contribution in [3.05, 3.63) is 59.4 Å². The number of pyridine rings is 1. The summed E-state index contributed by atoms with van der Waals surface area (Å²) in [6.07, 6.45) is 0. The molecule has 23 heavy (non-hydrogen) atoms. The first-order chi connectivity index (χ1) is 10.8. The first-order valence-electron chi connectivity index (χ1n) is 6.63. The van der Waals surface area contributed by atoms with Crippen LogP contribution >= 0.6 is 0 Å². The van der Waals surface area contributed by atoms with Crippen molar-refractivity contribution in [3.63, 3.8) is 0 Å². The summed E-state index contributed by atoms with van der Waals surface area (Å²) in [7, 11) is -4.65. The van der Waals surface area contributed by atoms with Crippen molar-refractivity contribution in [3.8, 4) is 0 Å². The number of carbonyl (C=O) groups excluding carboxylic acids is 1. The smallest absolute Gasteiger partial charge is 0.341 e. The molecule has 2 rings (SSSR count). The Balaban J connectivity index is 2.06. The van der Waals surface area contributed by atoms with E-state index in [4.69, 9.17) is 0 Å². The van der Waals surface area contributed by atoms with Crippen LogP contribution in [0, 0.1) is 6.92 Å². The number of carbonyl (C=O) groups is 1. The van der Waals surface area contributed by atoms with Crippen LogP contribution in [0.4, 0.5) is 8.78 Å². The van der Waals surface area contributed by atoms with Crippen molar-refractivity contribution in [1.82, 2.24) is 10.3 Å². The molecule has 1 aromatic carbocycles. The highest BCUT2D eigenvalue weighted by molar-refractivity contribution is 7.91. The average molecular weight is 340 g/mol. The van der Waals surface area contributed by atoms with Crippen molar-refractivity contribution in [1.29, 1.82) is 0 Å². The van der Waals surface area contributed by atoms with E-state index >= 15 is 0 Å². The highest BCUT2D eigenvalue weighted by Crippen LogP contribution is 2.18. The molecule has 122 valence electrons. The third-order valence-electron chi connectivity index (χ3n) is 3.06. The Morgan fingerprint density at radius 2 is 1.83 bits per heavy atom. The molecular weight excluding hydrogens is 326 g/mol. The zero-order valence-corrected chi connectivity index (χ0v) is 13.0. The van der Waals surface area contributed by atoms with Gasteiger partial charge in [-0.05, 0) is 43.3 Å². The SMILES string of the molecule is Cc1cccc(CNC(=O)c2ccc(S(=O)(=O)C(F)F)cc2)n1. The van der Waals surface area contributed by atoms with E-state index in [0.717, 1.165) is 17.8 Å². The van der Waals surface area contributed by atoms with Gasteiger partial charge in [0, 0.05) is 11.3 Å². The number of hydrogen-bond donors (Lipinski definition) is 1. The highest BCUT2D eigenvalue weighted by Gasteiger charge is 2.26. The number of aryl methyl sites for hydroxylation is 1. The largest absolute Gasteiger partial charge is 0.346 e. The molecule has 0 saturated carbocycles. The molecule has 2 aromatic rings. The van der Waals surface area contributed by atoms with Gasteiger partial charge in [-0.3, -0.25) is 9.78 Å². The fraction of sp³-hybridized carbons (Fsp3) is 0.200. The number of hydrogen-bond acceptors (Lipinski definition) is 4. The molecule has 0 radical (unpaired) electrons. The van der Waals surface area contributed by atoms with Crippen LogP contribution in [0.5, 0.6) is 0 Å². The number of benzene rings is 1. The van der Waals surface area contributed by atoms with Crippen molar-refractivity contribution in [2.75, 3.05) is 0 Å². The molecule has 0 saturated heterocycles. The summed E-state index contributed by atoms with van der Waals surface area (Å²) >= 11 is 0. The number of alkyl halides is 2. The number of amides is 1. The van der Waals surface area contributed by atoms with E-state index < -0.39 is 26.4 Å². The van der Waals surface area contributed by atoms with Gasteiger partial charge < -0.3 is 5.32 Å². The number of nitrogens with one attached hydrogen (secondary N) is 1. The summed E-state index contributed by atoms with van der Waals surface area (Å²) in [5.41, 5.74) is 1.67. The van der Waals surface area contributed by atoms with Gasteiger partial charge >= 0.3 is 5.76 Å². The first kappa shape index (κ1) is 17.0. The van der Waals surface area contributed by atoms with Gasteiger partial charge in [-0.2, -0.15) is 8.78 Å². The summed E-state index contributed by atoms with van der Waals surface area (Å²) in [5, 5.41) is 2.62. The Morgan fingerprint density at radius 1 is 1.17 bits per heavy atom. The molecule has 5 nitrogen and oxygen atoms in total. The van der Waals surface area contributed by atoms with Gasteiger partial charge in [-0.25, -0.2) is 8.42 Å². The monoisotopic (exact) mass is 340 g/mol. The van der Waals surface area contributed by atoms with Gasteiger partial charge in [0.2, 0.25) is 9.84 Å². The number of rotatable bonds is 5. The van der Waals surface area contributed by atoms with E-state index in [1.54, 1.807) is 6.07 Å². The van der Waals surface area contributed by atoms with E-state index in [9.17, 15) is 22.0 Å². The predicted octanol–water partition coefficient (Wildman–Crippen LogP) is 2.32. The second-order valence-electron chi connectivity index (χ2n) is 4.78. The molecule has 0 bridgehead atoms. The highest BCUT2D eigenvalue weighted by atomic mass is 32.2. The summed E-state index contributed by atoms with van der Waals surface area (Å²) in [5.74, 6) is -3.94. The lowest BCUT2D eigenvalue weighted by Gasteiger charge is -2.07. The van der Waals surface area contributed by atoms with Gasteiger partial charge in [0.05, 0.1) is 17.1 Å². The predicted molar refractivity (Wildman–Crippen MR) is 79.8 cm³/mol. The summed E-state index contributed by atoms with van der Waals surface area (Å²) in [6, 6.07) is 9.75. The van der Waals surface area contributed by atoms with Crippen molar-refractivity contribution in [2.45, 2.75) is 24.1 Å². The molecule has 8 heteroatoms. The van der Waals surface area contributed by atoms with Gasteiger partial charge in [0.25, 0.3) is 5.91 Å². The standard InChI is InChI=1S/C15H14F2N2O3S/c1-10-3-2-4-12(19-10)9-18-14(20)11-5-7-13(8-6-11)23(21,22)15(16)17/h2-8,15H,9H2,1H3,(H,18,20). The maximum Gasteiger partial charge on any atom is 0.341 e. The van der Waals surface area contributed by atoms with Crippen LogP contribution in [-0.2, 0) is 16.4 Å². The Kier molecular flexibility index (Phi) is 5.05. The molecule has 1 aromatic heterocycles. The van der Waals surface area contributed by atoms with Gasteiger partial charge in [-0.1, -0.05) is 6.07 Å². The minimum absolute atomic E-state index is 0.172. The number of halogens is 2. The molecule has 0 fully saturated rings. The van der Waals surface area contributed by atoms with E-state index in [2.05, 4.69) is 10.3 Å². The van der Waals surface area contributed by atoms with Crippen LogP contribution in [0.1, 0.15) is 21.7 Å². The zero-order chi connectivity index (χ0) is 17.0. The van der Waals surface area contributed by atoms with Crippen molar-refractivity contribution < 1.29 is 22.0 Å². The molecule has 0 aliphatic heterocycles. The van der Waals surface area contributed by atoms with Crippen LogP contribution in [0.2, 0.25) is 0 Å². The zero-order valence-electron chi connectivity index (χ0n) is 12.2.